The second kappa shape index (κ2) is 8.25. The summed E-state index contributed by atoms with van der Waals surface area (Å²) in [4.78, 5) is 18.7. The molecule has 1 fully saturated rings. The molecule has 1 N–H and O–H groups in total. The van der Waals surface area contributed by atoms with Crippen LogP contribution in [-0.4, -0.2) is 27.8 Å². The molecule has 1 aliphatic heterocycles. The summed E-state index contributed by atoms with van der Waals surface area (Å²) in [6.45, 7) is 10.0. The third-order valence-electron chi connectivity index (χ3n) is 9.15. The predicted octanol–water partition coefficient (Wildman–Crippen LogP) is 6.04. The number of aromatic nitrogens is 2. The Bertz CT molecular complexity index is 1520. The van der Waals surface area contributed by atoms with Crippen molar-refractivity contribution in [3.8, 4) is 11.5 Å². The van der Waals surface area contributed by atoms with Crippen molar-refractivity contribution in [2.45, 2.75) is 51.4 Å². The van der Waals surface area contributed by atoms with Crippen LogP contribution in [0.1, 0.15) is 62.2 Å². The van der Waals surface area contributed by atoms with Crippen molar-refractivity contribution in [1.29, 1.82) is 0 Å². The fraction of sp³-hybridized carbons (Fsp3) is 0.345. The van der Waals surface area contributed by atoms with Gasteiger partial charge in [0.15, 0.2) is 0 Å². The molecule has 2 aromatic heterocycles. The van der Waals surface area contributed by atoms with Crippen LogP contribution in [0.4, 0.5) is 0 Å². The molecule has 2 unspecified atom stereocenters. The van der Waals surface area contributed by atoms with E-state index in [4.69, 9.17) is 19.6 Å². The van der Waals surface area contributed by atoms with E-state index >= 15 is 0 Å². The summed E-state index contributed by atoms with van der Waals surface area (Å²) in [5.74, 6) is 0.487. The number of nitrogens with zero attached hydrogens (tertiary/aromatic N) is 2. The summed E-state index contributed by atoms with van der Waals surface area (Å²) in [5.41, 5.74) is 4.68. The maximum atomic E-state index is 10.1. The van der Waals surface area contributed by atoms with E-state index in [-0.39, 0.29) is 48.8 Å². The molecule has 3 aliphatic rings. The standard InChI is InChI=1S/C23H22NO2.C6H5NO2.Ir/c1-21(2)22(3)7-8-23(21,4)19-14-6-5-13-9-17-18(26-12-25-17)10-15(13)20(14)24-11-16(19)22;8-6(9)5-3-1-2-4-7-5;/h5-6,9,11H,7-8,12H2,1-4H3;1-4H,(H,8,9);/q-1;;. The molecule has 4 aromatic rings. The first kappa shape index (κ1) is 24.7. The summed E-state index contributed by atoms with van der Waals surface area (Å²) in [5, 5.41) is 11.7. The predicted molar refractivity (Wildman–Crippen MR) is 133 cm³/mol. The molecular weight excluding hydrogens is 633 g/mol. The molecule has 0 saturated heterocycles. The van der Waals surface area contributed by atoms with Gasteiger partial charge in [0.2, 0.25) is 6.79 Å². The van der Waals surface area contributed by atoms with Crippen LogP contribution in [-0.2, 0) is 30.9 Å². The minimum atomic E-state index is -0.990. The zero-order valence-electron chi connectivity index (χ0n) is 20.6. The molecule has 2 atom stereocenters. The van der Waals surface area contributed by atoms with Gasteiger partial charge in [-0.25, -0.2) is 9.78 Å². The van der Waals surface area contributed by atoms with Crippen molar-refractivity contribution >= 4 is 27.6 Å². The van der Waals surface area contributed by atoms with Crippen LogP contribution < -0.4 is 9.47 Å². The van der Waals surface area contributed by atoms with Crippen LogP contribution in [0.25, 0.3) is 21.7 Å². The Morgan fingerprint density at radius 1 is 1.03 bits per heavy atom. The molecule has 2 bridgehead atoms. The average Bonchev–Trinajstić information content (AvgIpc) is 3.43. The number of aromatic carboxylic acids is 1. The summed E-state index contributed by atoms with van der Waals surface area (Å²) >= 11 is 0. The number of carboxylic acid groups (broad SMARTS) is 1. The fourth-order valence-corrected chi connectivity index (χ4v) is 6.43. The zero-order chi connectivity index (χ0) is 24.6. The largest absolute Gasteiger partial charge is 0.500 e. The molecule has 7 rings (SSSR count). The molecule has 0 spiro atoms. The first-order valence-corrected chi connectivity index (χ1v) is 11.9. The van der Waals surface area contributed by atoms with Gasteiger partial charge >= 0.3 is 5.97 Å². The van der Waals surface area contributed by atoms with Crippen molar-refractivity contribution in [1.82, 2.24) is 9.97 Å². The van der Waals surface area contributed by atoms with E-state index < -0.39 is 5.97 Å². The number of carboxylic acids is 1. The monoisotopic (exact) mass is 660 g/mol. The molecule has 2 aliphatic carbocycles. The maximum absolute atomic E-state index is 10.1. The van der Waals surface area contributed by atoms with Crippen molar-refractivity contribution in [2.75, 3.05) is 6.79 Å². The molecule has 187 valence electrons. The van der Waals surface area contributed by atoms with Crippen LogP contribution in [0.3, 0.4) is 0 Å². The van der Waals surface area contributed by atoms with Gasteiger partial charge in [-0.05, 0) is 57.8 Å². The van der Waals surface area contributed by atoms with E-state index in [2.05, 4.69) is 57.1 Å². The zero-order valence-corrected chi connectivity index (χ0v) is 23.0. The second-order valence-electron chi connectivity index (χ2n) is 10.7. The first-order chi connectivity index (χ1) is 16.7. The molecule has 6 nitrogen and oxygen atoms in total. The smallest absolute Gasteiger partial charge is 0.354 e. The molecule has 3 heterocycles. The minimum Gasteiger partial charge on any atom is -0.500 e. The van der Waals surface area contributed by atoms with Crippen LogP contribution in [0.15, 0.2) is 48.8 Å². The topological polar surface area (TPSA) is 81.5 Å². The van der Waals surface area contributed by atoms with Crippen LogP contribution in [0.2, 0.25) is 0 Å². The first-order valence-electron chi connectivity index (χ1n) is 11.9. The number of ether oxygens (including phenoxy) is 2. The van der Waals surface area contributed by atoms with E-state index in [1.54, 1.807) is 12.1 Å². The van der Waals surface area contributed by atoms with Gasteiger partial charge < -0.3 is 19.6 Å². The Balaban J connectivity index is 0.000000229. The van der Waals surface area contributed by atoms with Crippen molar-refractivity contribution < 1.29 is 39.5 Å². The molecule has 7 heteroatoms. The number of hydrogen-bond acceptors (Lipinski definition) is 5. The molecule has 1 radical (unpaired) electrons. The van der Waals surface area contributed by atoms with E-state index in [0.717, 1.165) is 22.0 Å². The van der Waals surface area contributed by atoms with Crippen molar-refractivity contribution in [3.05, 3.63) is 71.7 Å². The number of carbonyl (C=O) groups is 1. The van der Waals surface area contributed by atoms with Gasteiger partial charge in [0, 0.05) is 37.9 Å². The Kier molecular flexibility index (Phi) is 5.65. The van der Waals surface area contributed by atoms with Gasteiger partial charge in [-0.2, -0.15) is 0 Å². The normalized spacial score (nSPS) is 24.1. The van der Waals surface area contributed by atoms with Gasteiger partial charge in [-0.3, -0.25) is 0 Å². The molecular formula is C29H27IrN2O4-. The molecule has 0 amide bonds. The third-order valence-corrected chi connectivity index (χ3v) is 9.15. The Hall–Kier alpha value is -3.02. The second-order valence-corrected chi connectivity index (χ2v) is 10.7. The van der Waals surface area contributed by atoms with Crippen molar-refractivity contribution in [2.24, 2.45) is 5.41 Å². The van der Waals surface area contributed by atoms with Crippen LogP contribution >= 0.6 is 0 Å². The van der Waals surface area contributed by atoms with Gasteiger partial charge in [-0.1, -0.05) is 58.0 Å². The van der Waals surface area contributed by atoms with E-state index in [0.29, 0.717) is 5.75 Å². The van der Waals surface area contributed by atoms with Gasteiger partial charge in [-0.15, -0.1) is 10.8 Å². The average molecular weight is 660 g/mol. The minimum absolute atomic E-state index is 0. The Morgan fingerprint density at radius 3 is 2.50 bits per heavy atom. The number of hydrogen-bond donors (Lipinski definition) is 1. The van der Waals surface area contributed by atoms with Gasteiger partial charge in [0.1, 0.15) is 5.69 Å². The van der Waals surface area contributed by atoms with E-state index in [9.17, 15) is 4.79 Å². The SMILES string of the molecule is CC12CCC(C)(c3c1cnc1c3ccc3cc4c([c-]c31)OCO4)C2(C)C.O=C(O)c1ccccn1.[Ir]. The maximum Gasteiger partial charge on any atom is 0.354 e. The Labute approximate surface area is 223 Å². The number of fused-ring (bicyclic) bond motifs is 10. The molecule has 2 aromatic carbocycles. The summed E-state index contributed by atoms with van der Waals surface area (Å²) in [6.07, 6.45) is 6.08. The van der Waals surface area contributed by atoms with Gasteiger partial charge in [0.05, 0.1) is 11.5 Å². The summed E-state index contributed by atoms with van der Waals surface area (Å²) < 4.78 is 11.1. The number of pyridine rings is 2. The number of benzene rings is 2. The number of rotatable bonds is 1. The van der Waals surface area contributed by atoms with Crippen LogP contribution in [0.5, 0.6) is 11.5 Å². The summed E-state index contributed by atoms with van der Waals surface area (Å²) in [7, 11) is 0. The Morgan fingerprint density at radius 2 is 1.81 bits per heavy atom. The summed E-state index contributed by atoms with van der Waals surface area (Å²) in [6, 6.07) is 14.7. The van der Waals surface area contributed by atoms with E-state index in [1.165, 1.54) is 41.6 Å². The van der Waals surface area contributed by atoms with E-state index in [1.807, 2.05) is 6.07 Å². The quantitative estimate of drug-likeness (QED) is 0.198. The van der Waals surface area contributed by atoms with Gasteiger partial charge in [0.25, 0.3) is 0 Å². The van der Waals surface area contributed by atoms with Crippen LogP contribution in [0, 0.1) is 11.5 Å². The molecule has 36 heavy (non-hydrogen) atoms. The van der Waals surface area contributed by atoms with Crippen molar-refractivity contribution in [3.63, 3.8) is 0 Å². The third kappa shape index (κ3) is 3.15. The fourth-order valence-electron chi connectivity index (χ4n) is 6.43. The molecule has 1 saturated carbocycles.